The number of ether oxygens (including phenoxy) is 1. The molecule has 4 aromatic rings. The maximum absolute atomic E-state index is 12.3. The molecule has 166 valence electrons. The van der Waals surface area contributed by atoms with E-state index in [4.69, 9.17) is 9.15 Å². The van der Waals surface area contributed by atoms with E-state index in [1.807, 2.05) is 62.4 Å². The van der Waals surface area contributed by atoms with Crippen LogP contribution in [0.5, 0.6) is 0 Å². The van der Waals surface area contributed by atoms with Gasteiger partial charge < -0.3 is 14.5 Å². The highest BCUT2D eigenvalue weighted by Crippen LogP contribution is 2.26. The van der Waals surface area contributed by atoms with Gasteiger partial charge in [0.05, 0.1) is 5.56 Å². The fourth-order valence-corrected chi connectivity index (χ4v) is 3.28. The van der Waals surface area contributed by atoms with Gasteiger partial charge in [-0.25, -0.2) is 4.79 Å². The van der Waals surface area contributed by atoms with E-state index in [1.54, 1.807) is 24.3 Å². The van der Waals surface area contributed by atoms with Crippen LogP contribution in [0.4, 0.5) is 0 Å². The van der Waals surface area contributed by atoms with Gasteiger partial charge in [0, 0.05) is 17.7 Å². The summed E-state index contributed by atoms with van der Waals surface area (Å²) in [4.78, 5) is 24.3. The minimum absolute atomic E-state index is 0.323. The lowest BCUT2D eigenvalue weighted by atomic mass is 10.1. The molecule has 3 aromatic carbocycles. The molecule has 0 aliphatic rings. The van der Waals surface area contributed by atoms with Crippen LogP contribution in [0.3, 0.4) is 0 Å². The lowest BCUT2D eigenvalue weighted by Gasteiger charge is -2.08. The summed E-state index contributed by atoms with van der Waals surface area (Å²) in [6.07, 6.45) is 0. The van der Waals surface area contributed by atoms with Crippen LogP contribution in [0.1, 0.15) is 27.0 Å². The second-order valence-electron chi connectivity index (χ2n) is 7.58. The Morgan fingerprint density at radius 2 is 1.52 bits per heavy atom. The Hall–Kier alpha value is -4.26. The van der Waals surface area contributed by atoms with E-state index in [0.29, 0.717) is 29.5 Å². The predicted octanol–water partition coefficient (Wildman–Crippen LogP) is 4.49. The fraction of sp³-hybridized carbons (Fsp3) is 0.154. The maximum Gasteiger partial charge on any atom is 0.338 e. The number of carbonyl (C=O) groups excluding carboxylic acids is 2. The number of aryl methyl sites for hydroxylation is 2. The molecule has 0 unspecified atom stereocenters. The zero-order chi connectivity index (χ0) is 23.2. The van der Waals surface area contributed by atoms with Crippen molar-refractivity contribution in [1.82, 2.24) is 15.5 Å². The van der Waals surface area contributed by atoms with Crippen LogP contribution in [-0.2, 0) is 16.1 Å². The minimum Gasteiger partial charge on any atom is -0.452 e. The Morgan fingerprint density at radius 3 is 2.24 bits per heavy atom. The summed E-state index contributed by atoms with van der Waals surface area (Å²) in [6.45, 7) is 3.98. The van der Waals surface area contributed by atoms with E-state index in [2.05, 4.69) is 15.5 Å². The highest BCUT2D eigenvalue weighted by molar-refractivity contribution is 5.91. The van der Waals surface area contributed by atoms with Crippen LogP contribution in [0.25, 0.3) is 22.9 Å². The summed E-state index contributed by atoms with van der Waals surface area (Å²) in [5.74, 6) is -0.163. The zero-order valence-corrected chi connectivity index (χ0v) is 18.4. The molecule has 0 aliphatic carbocycles. The number of rotatable bonds is 7. The van der Waals surface area contributed by atoms with Crippen LogP contribution in [0.2, 0.25) is 0 Å². The molecule has 0 saturated heterocycles. The number of nitrogens with one attached hydrogen (secondary N) is 1. The second kappa shape index (κ2) is 9.91. The number of nitrogens with zero attached hydrogens (tertiary/aromatic N) is 2. The van der Waals surface area contributed by atoms with Gasteiger partial charge in [-0.1, -0.05) is 42.5 Å². The first-order valence-electron chi connectivity index (χ1n) is 10.5. The molecule has 7 nitrogen and oxygen atoms in total. The average Bonchev–Trinajstić information content (AvgIpc) is 3.32. The zero-order valence-electron chi connectivity index (χ0n) is 18.4. The van der Waals surface area contributed by atoms with Crippen molar-refractivity contribution in [2.45, 2.75) is 20.4 Å². The van der Waals surface area contributed by atoms with Crippen molar-refractivity contribution in [3.05, 3.63) is 95.1 Å². The molecule has 0 aliphatic heterocycles. The molecule has 7 heteroatoms. The SMILES string of the molecule is Cc1ccccc1CNC(=O)COC(=O)c1ccc(-c2nnc(-c3ccccc3C)o2)cc1. The molecule has 4 rings (SSSR count). The third-order valence-corrected chi connectivity index (χ3v) is 5.24. The van der Waals surface area contributed by atoms with Crippen molar-refractivity contribution in [3.63, 3.8) is 0 Å². The first-order valence-corrected chi connectivity index (χ1v) is 10.5. The van der Waals surface area contributed by atoms with Crippen molar-refractivity contribution < 1.29 is 18.7 Å². The molecule has 0 saturated carbocycles. The number of esters is 1. The van der Waals surface area contributed by atoms with Gasteiger partial charge in [0.2, 0.25) is 11.8 Å². The maximum atomic E-state index is 12.3. The number of benzene rings is 3. The summed E-state index contributed by atoms with van der Waals surface area (Å²) < 4.78 is 10.9. The van der Waals surface area contributed by atoms with E-state index in [1.165, 1.54) is 0 Å². The van der Waals surface area contributed by atoms with Crippen LogP contribution in [0, 0.1) is 13.8 Å². The van der Waals surface area contributed by atoms with Crippen LogP contribution >= 0.6 is 0 Å². The van der Waals surface area contributed by atoms with Crippen LogP contribution < -0.4 is 5.32 Å². The Balaban J connectivity index is 1.33. The molecule has 1 N–H and O–H groups in total. The Morgan fingerprint density at radius 1 is 0.848 bits per heavy atom. The van der Waals surface area contributed by atoms with E-state index in [-0.39, 0.29) is 12.5 Å². The summed E-state index contributed by atoms with van der Waals surface area (Å²) in [5, 5.41) is 11.0. The molecule has 1 amide bonds. The third kappa shape index (κ3) is 5.33. The lowest BCUT2D eigenvalue weighted by Crippen LogP contribution is -2.28. The van der Waals surface area contributed by atoms with Crippen LogP contribution in [0.15, 0.2) is 77.2 Å². The molecule has 0 bridgehead atoms. The monoisotopic (exact) mass is 441 g/mol. The van der Waals surface area contributed by atoms with E-state index in [0.717, 1.165) is 22.3 Å². The highest BCUT2D eigenvalue weighted by Gasteiger charge is 2.14. The van der Waals surface area contributed by atoms with Gasteiger partial charge in [0.15, 0.2) is 6.61 Å². The van der Waals surface area contributed by atoms with Gasteiger partial charge in [-0.05, 0) is 60.9 Å². The first kappa shape index (κ1) is 22.0. The molecule has 0 fully saturated rings. The van der Waals surface area contributed by atoms with E-state index < -0.39 is 5.97 Å². The van der Waals surface area contributed by atoms with Crippen molar-refractivity contribution in [2.24, 2.45) is 0 Å². The quantitative estimate of drug-likeness (QED) is 0.425. The molecule has 1 aromatic heterocycles. The summed E-state index contributed by atoms with van der Waals surface area (Å²) in [5.41, 5.74) is 5.01. The normalized spacial score (nSPS) is 10.6. The number of hydrogen-bond donors (Lipinski definition) is 1. The number of aromatic nitrogens is 2. The van der Waals surface area contributed by atoms with Gasteiger partial charge in [-0.15, -0.1) is 10.2 Å². The van der Waals surface area contributed by atoms with Gasteiger partial charge >= 0.3 is 5.97 Å². The Bertz CT molecular complexity index is 1280. The molecule has 0 radical (unpaired) electrons. The predicted molar refractivity (Wildman–Crippen MR) is 123 cm³/mol. The molecule has 33 heavy (non-hydrogen) atoms. The number of hydrogen-bond acceptors (Lipinski definition) is 6. The van der Waals surface area contributed by atoms with Crippen molar-refractivity contribution in [1.29, 1.82) is 0 Å². The molecule has 1 heterocycles. The lowest BCUT2D eigenvalue weighted by molar-refractivity contribution is -0.124. The van der Waals surface area contributed by atoms with Gasteiger partial charge in [-0.2, -0.15) is 0 Å². The highest BCUT2D eigenvalue weighted by atomic mass is 16.5. The smallest absolute Gasteiger partial charge is 0.338 e. The Kier molecular flexibility index (Phi) is 6.59. The molecule has 0 spiro atoms. The van der Waals surface area contributed by atoms with Crippen molar-refractivity contribution >= 4 is 11.9 Å². The molecular formula is C26H23N3O4. The first-order chi connectivity index (χ1) is 16.0. The third-order valence-electron chi connectivity index (χ3n) is 5.24. The standard InChI is InChI=1S/C26H23N3O4/c1-17-7-3-5-9-21(17)15-27-23(30)16-32-26(31)20-13-11-19(12-14-20)24-28-29-25(33-24)22-10-6-4-8-18(22)2/h3-14H,15-16H2,1-2H3,(H,27,30). The number of carbonyl (C=O) groups is 2. The van der Waals surface area contributed by atoms with Crippen LogP contribution in [-0.4, -0.2) is 28.7 Å². The topological polar surface area (TPSA) is 94.3 Å². The Labute approximate surface area is 191 Å². The summed E-state index contributed by atoms with van der Waals surface area (Å²) >= 11 is 0. The average molecular weight is 441 g/mol. The van der Waals surface area contributed by atoms with Gasteiger partial charge in [0.25, 0.3) is 5.91 Å². The van der Waals surface area contributed by atoms with Crippen molar-refractivity contribution in [3.8, 4) is 22.9 Å². The fourth-order valence-electron chi connectivity index (χ4n) is 3.28. The van der Waals surface area contributed by atoms with E-state index >= 15 is 0 Å². The minimum atomic E-state index is -0.585. The van der Waals surface area contributed by atoms with Crippen molar-refractivity contribution in [2.75, 3.05) is 6.61 Å². The van der Waals surface area contributed by atoms with Gasteiger partial charge in [-0.3, -0.25) is 4.79 Å². The number of amides is 1. The summed E-state index contributed by atoms with van der Waals surface area (Å²) in [6, 6.07) is 22.1. The molecule has 0 atom stereocenters. The summed E-state index contributed by atoms with van der Waals surface area (Å²) in [7, 11) is 0. The second-order valence-corrected chi connectivity index (χ2v) is 7.58. The van der Waals surface area contributed by atoms with E-state index in [9.17, 15) is 9.59 Å². The van der Waals surface area contributed by atoms with Gasteiger partial charge in [0.1, 0.15) is 0 Å². The molecular weight excluding hydrogens is 418 g/mol. The largest absolute Gasteiger partial charge is 0.452 e.